The highest BCUT2D eigenvalue weighted by Gasteiger charge is 2.10. The van der Waals surface area contributed by atoms with Gasteiger partial charge in [0.25, 0.3) is 0 Å². The highest BCUT2D eigenvalue weighted by Crippen LogP contribution is 2.06. The van der Waals surface area contributed by atoms with Gasteiger partial charge in [0.15, 0.2) is 0 Å². The van der Waals surface area contributed by atoms with Crippen molar-refractivity contribution in [2.45, 2.75) is 33.4 Å². The van der Waals surface area contributed by atoms with E-state index < -0.39 is 0 Å². The predicted molar refractivity (Wildman–Crippen MR) is 76.3 cm³/mol. The lowest BCUT2D eigenvalue weighted by molar-refractivity contribution is -0.122. The maximum absolute atomic E-state index is 11.7. The first kappa shape index (κ1) is 15.4. The highest BCUT2D eigenvalue weighted by atomic mass is 16.2. The molecule has 106 valence electrons. The topological polar surface area (TPSA) is 83.3 Å². The number of carbonyl (C=O) groups is 1. The van der Waals surface area contributed by atoms with Crippen LogP contribution in [0.15, 0.2) is 18.3 Å². The number of hydrogen-bond donors (Lipinski definition) is 3. The normalized spacial score (nSPS) is 10.8. The molecule has 0 aromatic carbocycles. The van der Waals surface area contributed by atoms with E-state index in [9.17, 15) is 4.79 Å². The van der Waals surface area contributed by atoms with Crippen molar-refractivity contribution in [1.29, 1.82) is 0 Å². The Morgan fingerprint density at radius 2 is 2.21 bits per heavy atom. The summed E-state index contributed by atoms with van der Waals surface area (Å²) in [5.74, 6) is 5.94. The Morgan fingerprint density at radius 1 is 1.47 bits per heavy atom. The van der Waals surface area contributed by atoms with Gasteiger partial charge in [-0.25, -0.2) is 10.8 Å². The number of carbonyl (C=O) groups excluding carboxylic acids is 1. The minimum Gasteiger partial charge on any atom is -0.353 e. The number of hydrogen-bond acceptors (Lipinski definition) is 5. The van der Waals surface area contributed by atoms with Crippen LogP contribution in [0.25, 0.3) is 0 Å². The molecule has 1 aromatic rings. The molecule has 19 heavy (non-hydrogen) atoms. The largest absolute Gasteiger partial charge is 0.353 e. The standard InChI is InChI=1S/C13H23N5O/c1-4-18(9-13(19)16-10(2)3)8-11-5-6-12(17-14)15-7-11/h5-7,10H,4,8-9,14H2,1-3H3,(H,15,17)(H,16,19). The van der Waals surface area contributed by atoms with Crippen LogP contribution in [0, 0.1) is 0 Å². The number of nitrogens with two attached hydrogens (primary N) is 1. The van der Waals surface area contributed by atoms with Crippen LogP contribution < -0.4 is 16.6 Å². The van der Waals surface area contributed by atoms with E-state index >= 15 is 0 Å². The second-order valence-corrected chi connectivity index (χ2v) is 4.72. The van der Waals surface area contributed by atoms with Crippen LogP contribution in [0.2, 0.25) is 0 Å². The third-order valence-corrected chi connectivity index (χ3v) is 2.64. The highest BCUT2D eigenvalue weighted by molar-refractivity contribution is 5.78. The van der Waals surface area contributed by atoms with Crippen molar-refractivity contribution >= 4 is 11.7 Å². The predicted octanol–water partition coefficient (Wildman–Crippen LogP) is 0.714. The average molecular weight is 265 g/mol. The van der Waals surface area contributed by atoms with Crippen LogP contribution in [0.5, 0.6) is 0 Å². The van der Waals surface area contributed by atoms with Gasteiger partial charge in [-0.05, 0) is 32.0 Å². The minimum atomic E-state index is 0.0463. The molecule has 1 rings (SSSR count). The Balaban J connectivity index is 2.53. The Hall–Kier alpha value is -1.66. The molecule has 0 atom stereocenters. The first-order valence-electron chi connectivity index (χ1n) is 6.48. The molecule has 0 aliphatic heterocycles. The van der Waals surface area contributed by atoms with Crippen LogP contribution in [0.4, 0.5) is 5.82 Å². The summed E-state index contributed by atoms with van der Waals surface area (Å²) in [6.07, 6.45) is 1.76. The van der Waals surface area contributed by atoms with Gasteiger partial charge in [0, 0.05) is 18.8 Å². The Bertz CT molecular complexity index is 391. The summed E-state index contributed by atoms with van der Waals surface area (Å²) < 4.78 is 0. The van der Waals surface area contributed by atoms with Crippen LogP contribution in [0.1, 0.15) is 26.3 Å². The van der Waals surface area contributed by atoms with E-state index in [1.165, 1.54) is 0 Å². The summed E-state index contributed by atoms with van der Waals surface area (Å²) in [7, 11) is 0. The van der Waals surface area contributed by atoms with E-state index in [0.717, 1.165) is 12.1 Å². The summed E-state index contributed by atoms with van der Waals surface area (Å²) in [4.78, 5) is 17.9. The third-order valence-electron chi connectivity index (χ3n) is 2.64. The number of rotatable bonds is 7. The molecule has 0 bridgehead atoms. The number of amides is 1. The van der Waals surface area contributed by atoms with Gasteiger partial charge in [-0.15, -0.1) is 0 Å². The van der Waals surface area contributed by atoms with Crippen molar-refractivity contribution < 1.29 is 4.79 Å². The molecule has 0 fully saturated rings. The molecule has 0 spiro atoms. The summed E-state index contributed by atoms with van der Waals surface area (Å²) in [6.45, 7) is 7.84. The van der Waals surface area contributed by atoms with Gasteiger partial charge in [0.05, 0.1) is 6.54 Å². The van der Waals surface area contributed by atoms with Crippen molar-refractivity contribution in [2.75, 3.05) is 18.5 Å². The minimum absolute atomic E-state index is 0.0463. The van der Waals surface area contributed by atoms with E-state index in [0.29, 0.717) is 18.9 Å². The fraction of sp³-hybridized carbons (Fsp3) is 0.538. The van der Waals surface area contributed by atoms with Gasteiger partial charge in [-0.3, -0.25) is 9.69 Å². The van der Waals surface area contributed by atoms with Crippen molar-refractivity contribution in [3.05, 3.63) is 23.9 Å². The molecule has 0 unspecified atom stereocenters. The molecule has 0 aliphatic rings. The number of anilines is 1. The molecule has 6 heteroatoms. The fourth-order valence-electron chi connectivity index (χ4n) is 1.71. The Morgan fingerprint density at radius 3 is 2.68 bits per heavy atom. The maximum Gasteiger partial charge on any atom is 0.234 e. The number of nitrogens with one attached hydrogen (secondary N) is 2. The molecule has 1 amide bonds. The van der Waals surface area contributed by atoms with Crippen LogP contribution in [-0.2, 0) is 11.3 Å². The van der Waals surface area contributed by atoms with Crippen molar-refractivity contribution in [1.82, 2.24) is 15.2 Å². The van der Waals surface area contributed by atoms with Gasteiger partial charge in [0.2, 0.25) is 5.91 Å². The molecule has 0 aliphatic carbocycles. The summed E-state index contributed by atoms with van der Waals surface area (Å²) in [5, 5.41) is 2.89. The second kappa shape index (κ2) is 7.70. The first-order valence-corrected chi connectivity index (χ1v) is 6.48. The van der Waals surface area contributed by atoms with Crippen molar-refractivity contribution in [3.8, 4) is 0 Å². The van der Waals surface area contributed by atoms with E-state index in [1.807, 2.05) is 32.9 Å². The molecule has 0 saturated carbocycles. The lowest BCUT2D eigenvalue weighted by Gasteiger charge is -2.20. The number of nitrogens with zero attached hydrogens (tertiary/aromatic N) is 2. The second-order valence-electron chi connectivity index (χ2n) is 4.72. The summed E-state index contributed by atoms with van der Waals surface area (Å²) in [5.41, 5.74) is 3.54. The van der Waals surface area contributed by atoms with Gasteiger partial charge in [-0.2, -0.15) is 0 Å². The Labute approximate surface area is 114 Å². The molecular weight excluding hydrogens is 242 g/mol. The van der Waals surface area contributed by atoms with E-state index in [-0.39, 0.29) is 11.9 Å². The monoisotopic (exact) mass is 265 g/mol. The molecule has 0 radical (unpaired) electrons. The first-order chi connectivity index (χ1) is 9.05. The van der Waals surface area contributed by atoms with Crippen LogP contribution in [-0.4, -0.2) is 34.9 Å². The average Bonchev–Trinajstić information content (AvgIpc) is 2.37. The Kier molecular flexibility index (Phi) is 6.24. The van der Waals surface area contributed by atoms with Crippen LogP contribution in [0.3, 0.4) is 0 Å². The van der Waals surface area contributed by atoms with Crippen molar-refractivity contribution in [3.63, 3.8) is 0 Å². The molecular formula is C13H23N5O. The number of likely N-dealkylation sites (N-methyl/N-ethyl adjacent to an activating group) is 1. The molecule has 0 saturated heterocycles. The van der Waals surface area contributed by atoms with Gasteiger partial charge < -0.3 is 10.7 Å². The van der Waals surface area contributed by atoms with E-state index in [4.69, 9.17) is 5.84 Å². The lowest BCUT2D eigenvalue weighted by atomic mass is 10.2. The van der Waals surface area contributed by atoms with E-state index in [2.05, 4.69) is 20.6 Å². The van der Waals surface area contributed by atoms with Gasteiger partial charge >= 0.3 is 0 Å². The zero-order valence-corrected chi connectivity index (χ0v) is 11.8. The number of hydrazine groups is 1. The molecule has 6 nitrogen and oxygen atoms in total. The summed E-state index contributed by atoms with van der Waals surface area (Å²) in [6, 6.07) is 3.94. The zero-order chi connectivity index (χ0) is 14.3. The van der Waals surface area contributed by atoms with Gasteiger partial charge in [-0.1, -0.05) is 13.0 Å². The quantitative estimate of drug-likeness (QED) is 0.499. The summed E-state index contributed by atoms with van der Waals surface area (Å²) >= 11 is 0. The van der Waals surface area contributed by atoms with Crippen molar-refractivity contribution in [2.24, 2.45) is 5.84 Å². The zero-order valence-electron chi connectivity index (χ0n) is 11.8. The number of aromatic nitrogens is 1. The lowest BCUT2D eigenvalue weighted by Crippen LogP contribution is -2.39. The molecule has 4 N–H and O–H groups in total. The number of pyridine rings is 1. The SMILES string of the molecule is CCN(CC(=O)NC(C)C)Cc1ccc(NN)nc1. The van der Waals surface area contributed by atoms with Gasteiger partial charge in [0.1, 0.15) is 5.82 Å². The molecule has 1 aromatic heterocycles. The van der Waals surface area contributed by atoms with Crippen LogP contribution >= 0.6 is 0 Å². The third kappa shape index (κ3) is 5.67. The number of nitrogen functional groups attached to an aromatic ring is 1. The van der Waals surface area contributed by atoms with E-state index in [1.54, 1.807) is 6.20 Å². The maximum atomic E-state index is 11.7. The smallest absolute Gasteiger partial charge is 0.234 e. The fourth-order valence-corrected chi connectivity index (χ4v) is 1.71. The molecule has 1 heterocycles.